The minimum absolute atomic E-state index is 0.00832. The number of aliphatic imine (C=N–C) groups is 1. The molecule has 15 heteroatoms. The second kappa shape index (κ2) is 18.2. The maximum Gasteiger partial charge on any atom is 0.326 e. The molecule has 0 aromatic heterocycles. The molecule has 14 nitrogen and oxygen atoms in total. The Bertz CT molecular complexity index is 1270. The lowest BCUT2D eigenvalue weighted by Crippen LogP contribution is -2.58. The van der Waals surface area contributed by atoms with Crippen molar-refractivity contribution in [3.8, 4) is 11.5 Å². The molecule has 0 aliphatic heterocycles. The first-order valence-electron chi connectivity index (χ1n) is 13.9. The highest BCUT2D eigenvalue weighted by Gasteiger charge is 2.30. The summed E-state index contributed by atoms with van der Waals surface area (Å²) in [6, 6.07) is 7.70. The molecule has 0 radical (unpaired) electrons. The summed E-state index contributed by atoms with van der Waals surface area (Å²) in [4.78, 5) is 55.5. The Labute approximate surface area is 259 Å². The van der Waals surface area contributed by atoms with Gasteiger partial charge in [-0.2, -0.15) is 11.8 Å². The minimum Gasteiger partial charge on any atom is -0.508 e. The number of hydrogen-bond acceptors (Lipinski definition) is 9. The third-order valence-electron chi connectivity index (χ3n) is 6.54. The van der Waals surface area contributed by atoms with Crippen LogP contribution in [0, 0.1) is 0 Å². The second-order valence-corrected chi connectivity index (χ2v) is 11.1. The lowest BCUT2D eigenvalue weighted by Gasteiger charge is -2.25. The van der Waals surface area contributed by atoms with E-state index in [0.717, 1.165) is 0 Å². The Morgan fingerprint density at radius 3 is 1.80 bits per heavy atom. The first kappa shape index (κ1) is 35.7. The number of benzene rings is 2. The van der Waals surface area contributed by atoms with Gasteiger partial charge in [-0.05, 0) is 73.1 Å². The van der Waals surface area contributed by atoms with Crippen molar-refractivity contribution in [1.82, 2.24) is 16.0 Å². The molecule has 240 valence electrons. The normalized spacial score (nSPS) is 13.5. The van der Waals surface area contributed by atoms with Crippen molar-refractivity contribution in [3.05, 3.63) is 59.7 Å². The van der Waals surface area contributed by atoms with Crippen molar-refractivity contribution < 1.29 is 34.5 Å². The van der Waals surface area contributed by atoms with E-state index in [1.807, 2.05) is 6.26 Å². The number of thioether (sulfide) groups is 1. The van der Waals surface area contributed by atoms with Crippen molar-refractivity contribution in [3.63, 3.8) is 0 Å². The van der Waals surface area contributed by atoms with Crippen LogP contribution in [0.2, 0.25) is 0 Å². The third-order valence-corrected chi connectivity index (χ3v) is 7.19. The predicted octanol–water partition coefficient (Wildman–Crippen LogP) is -0.444. The molecule has 0 saturated heterocycles. The van der Waals surface area contributed by atoms with E-state index in [-0.39, 0.29) is 56.1 Å². The van der Waals surface area contributed by atoms with E-state index in [9.17, 15) is 34.5 Å². The number of carboxylic acids is 1. The van der Waals surface area contributed by atoms with E-state index in [2.05, 4.69) is 20.9 Å². The van der Waals surface area contributed by atoms with Gasteiger partial charge in [-0.25, -0.2) is 4.79 Å². The largest absolute Gasteiger partial charge is 0.508 e. The van der Waals surface area contributed by atoms with Crippen LogP contribution in [0.1, 0.15) is 30.4 Å². The summed E-state index contributed by atoms with van der Waals surface area (Å²) in [5, 5.41) is 36.6. The minimum atomic E-state index is -1.28. The van der Waals surface area contributed by atoms with E-state index in [0.29, 0.717) is 16.9 Å². The number of carbonyl (C=O) groups excluding carboxylic acids is 3. The van der Waals surface area contributed by atoms with Crippen LogP contribution in [0.4, 0.5) is 0 Å². The zero-order valence-electron chi connectivity index (χ0n) is 24.4. The molecule has 4 unspecified atom stereocenters. The molecule has 0 spiro atoms. The van der Waals surface area contributed by atoms with Gasteiger partial charge in [0.25, 0.3) is 0 Å². The summed E-state index contributed by atoms with van der Waals surface area (Å²) >= 11 is 1.46. The molecule has 44 heavy (non-hydrogen) atoms. The number of hydrogen-bond donors (Lipinski definition) is 9. The van der Waals surface area contributed by atoms with Crippen molar-refractivity contribution >= 4 is 41.4 Å². The Kier molecular flexibility index (Phi) is 14.8. The van der Waals surface area contributed by atoms with E-state index in [1.165, 1.54) is 36.0 Å². The van der Waals surface area contributed by atoms with Crippen molar-refractivity contribution in [2.24, 2.45) is 22.2 Å². The molecular formula is C29H41N7O7S. The number of carbonyl (C=O) groups is 4. The van der Waals surface area contributed by atoms with E-state index in [1.54, 1.807) is 24.3 Å². The highest BCUT2D eigenvalue weighted by atomic mass is 32.2. The zero-order valence-corrected chi connectivity index (χ0v) is 25.3. The zero-order chi connectivity index (χ0) is 32.6. The molecule has 0 fully saturated rings. The summed E-state index contributed by atoms with van der Waals surface area (Å²) in [5.74, 6) is -2.79. The van der Waals surface area contributed by atoms with Gasteiger partial charge in [0.2, 0.25) is 17.7 Å². The molecule has 0 heterocycles. The summed E-state index contributed by atoms with van der Waals surface area (Å²) in [6.07, 6.45) is 2.52. The van der Waals surface area contributed by atoms with Crippen LogP contribution in [0.3, 0.4) is 0 Å². The second-order valence-electron chi connectivity index (χ2n) is 10.1. The Hall–Kier alpha value is -4.50. The number of nitrogens with zero attached hydrogens (tertiary/aromatic N) is 1. The van der Waals surface area contributed by atoms with Gasteiger partial charge >= 0.3 is 5.97 Å². The van der Waals surface area contributed by atoms with Gasteiger partial charge in [-0.15, -0.1) is 0 Å². The van der Waals surface area contributed by atoms with Gasteiger partial charge in [0, 0.05) is 13.0 Å². The van der Waals surface area contributed by atoms with Crippen LogP contribution in [0.25, 0.3) is 0 Å². The van der Waals surface area contributed by atoms with Crippen LogP contribution >= 0.6 is 11.8 Å². The molecule has 4 atom stereocenters. The van der Waals surface area contributed by atoms with Crippen molar-refractivity contribution in [2.75, 3.05) is 18.6 Å². The molecule has 0 saturated carbocycles. The number of carboxylic acid groups (broad SMARTS) is 1. The number of aliphatic carboxylic acids is 1. The number of rotatable bonds is 18. The fourth-order valence-corrected chi connectivity index (χ4v) is 4.62. The van der Waals surface area contributed by atoms with Gasteiger partial charge in [-0.3, -0.25) is 19.4 Å². The quantitative estimate of drug-likeness (QED) is 0.0579. The van der Waals surface area contributed by atoms with Gasteiger partial charge in [0.15, 0.2) is 5.96 Å². The maximum atomic E-state index is 13.5. The highest BCUT2D eigenvalue weighted by Crippen LogP contribution is 2.14. The van der Waals surface area contributed by atoms with Crippen LogP contribution in [0.15, 0.2) is 53.5 Å². The molecule has 3 amide bonds. The molecule has 0 aliphatic rings. The molecule has 2 rings (SSSR count). The fraction of sp³-hybridized carbons (Fsp3) is 0.414. The topological polar surface area (TPSA) is 255 Å². The van der Waals surface area contributed by atoms with E-state index in [4.69, 9.17) is 17.2 Å². The lowest BCUT2D eigenvalue weighted by atomic mass is 10.0. The van der Waals surface area contributed by atoms with E-state index < -0.39 is 47.9 Å². The molecular weight excluding hydrogens is 590 g/mol. The van der Waals surface area contributed by atoms with Gasteiger partial charge in [-0.1, -0.05) is 24.3 Å². The summed E-state index contributed by atoms with van der Waals surface area (Å²) in [6.45, 7) is 0.168. The number of amides is 3. The van der Waals surface area contributed by atoms with Gasteiger partial charge < -0.3 is 48.5 Å². The van der Waals surface area contributed by atoms with E-state index >= 15 is 0 Å². The summed E-state index contributed by atoms with van der Waals surface area (Å²) < 4.78 is 0. The lowest BCUT2D eigenvalue weighted by molar-refractivity contribution is -0.142. The average Bonchev–Trinajstić information content (AvgIpc) is 2.98. The van der Waals surface area contributed by atoms with Gasteiger partial charge in [0.1, 0.15) is 29.6 Å². The first-order valence-corrected chi connectivity index (χ1v) is 15.3. The molecule has 2 aromatic rings. The fourth-order valence-electron chi connectivity index (χ4n) is 4.14. The Balaban J connectivity index is 2.20. The summed E-state index contributed by atoms with van der Waals surface area (Å²) in [7, 11) is 0. The first-order chi connectivity index (χ1) is 20.9. The van der Waals surface area contributed by atoms with Crippen LogP contribution in [0.5, 0.6) is 11.5 Å². The van der Waals surface area contributed by atoms with Crippen molar-refractivity contribution in [2.45, 2.75) is 56.3 Å². The average molecular weight is 632 g/mol. The molecule has 0 bridgehead atoms. The molecule has 0 aliphatic carbocycles. The molecule has 2 aromatic carbocycles. The number of nitrogens with one attached hydrogen (secondary N) is 3. The number of guanidine groups is 1. The third kappa shape index (κ3) is 12.8. The van der Waals surface area contributed by atoms with Gasteiger partial charge in [0.05, 0.1) is 6.04 Å². The summed E-state index contributed by atoms with van der Waals surface area (Å²) in [5.41, 5.74) is 18.0. The number of phenols is 2. The van der Waals surface area contributed by atoms with Crippen LogP contribution in [-0.4, -0.2) is 87.7 Å². The smallest absolute Gasteiger partial charge is 0.326 e. The standard InChI is InChI=1S/C29H41N7O7S/c1-44-14-12-22(34-25(39)21(30)15-17-4-8-19(37)9-5-17)26(40)36-24(16-18-6-10-20(38)11-7-18)27(41)35-23(28(42)43)3-2-13-33-29(31)32/h4-11,21-24,37-38H,2-3,12-16,30H2,1H3,(H,34,39)(H,35,41)(H,36,40)(H,42,43)(H4,31,32,33). The number of aromatic hydroxyl groups is 2. The Morgan fingerprint density at radius 2 is 1.27 bits per heavy atom. The molecule has 12 N–H and O–H groups in total. The van der Waals surface area contributed by atoms with Crippen molar-refractivity contribution in [1.29, 1.82) is 0 Å². The SMILES string of the molecule is CSCCC(NC(=O)C(N)Cc1ccc(O)cc1)C(=O)NC(Cc1ccc(O)cc1)C(=O)NC(CCCN=C(N)N)C(=O)O. The van der Waals surface area contributed by atoms with Crippen LogP contribution < -0.4 is 33.2 Å². The maximum absolute atomic E-state index is 13.5. The Morgan fingerprint density at radius 1 is 0.773 bits per heavy atom. The number of phenolic OH excluding ortho intramolecular Hbond substituents is 2. The highest BCUT2D eigenvalue weighted by molar-refractivity contribution is 7.98. The predicted molar refractivity (Wildman–Crippen MR) is 168 cm³/mol. The van der Waals surface area contributed by atoms with Crippen LogP contribution in [-0.2, 0) is 32.0 Å². The monoisotopic (exact) mass is 631 g/mol. The number of nitrogens with two attached hydrogens (primary N) is 3.